The van der Waals surface area contributed by atoms with Gasteiger partial charge in [-0.2, -0.15) is 0 Å². The topological polar surface area (TPSA) is 57.6 Å². The molecule has 4 nitrogen and oxygen atoms in total. The van der Waals surface area contributed by atoms with E-state index >= 15 is 0 Å². The van der Waals surface area contributed by atoms with Gasteiger partial charge in [0.1, 0.15) is 0 Å². The van der Waals surface area contributed by atoms with Gasteiger partial charge in [0.15, 0.2) is 0 Å². The van der Waals surface area contributed by atoms with Crippen LogP contribution in [0.5, 0.6) is 0 Å². The minimum Gasteiger partial charge on any atom is -0.481 e. The number of carboxylic acid groups (broad SMARTS) is 1. The monoisotopic (exact) mass is 315 g/mol. The number of hydrogen-bond donors (Lipinski definition) is 1. The molecule has 2 aliphatic heterocycles. The molecule has 2 aliphatic rings. The normalized spacial score (nSPS) is 29.0. The van der Waals surface area contributed by atoms with Crippen LogP contribution >= 0.6 is 0 Å². The van der Waals surface area contributed by atoms with Crippen molar-refractivity contribution in [1.82, 2.24) is 4.90 Å². The van der Waals surface area contributed by atoms with Gasteiger partial charge in [0.25, 0.3) is 0 Å². The fourth-order valence-electron chi connectivity index (χ4n) is 4.54. The molecule has 2 bridgehead atoms. The fraction of sp³-hybridized carbons (Fsp3) is 0.579. The average molecular weight is 315 g/mol. The molecule has 1 aromatic carbocycles. The molecule has 3 atom stereocenters. The highest BCUT2D eigenvalue weighted by Crippen LogP contribution is 2.52. The van der Waals surface area contributed by atoms with E-state index in [1.807, 2.05) is 30.0 Å². The molecule has 2 fully saturated rings. The summed E-state index contributed by atoms with van der Waals surface area (Å²) in [7, 11) is 0. The minimum absolute atomic E-state index is 0.0979. The molecule has 0 unspecified atom stereocenters. The molecule has 0 aromatic heterocycles. The van der Waals surface area contributed by atoms with E-state index in [9.17, 15) is 14.7 Å². The molecule has 4 heteroatoms. The molecule has 0 aliphatic carbocycles. The smallest absolute Gasteiger partial charge is 0.311 e. The number of rotatable bonds is 6. The Hall–Kier alpha value is -1.84. The highest BCUT2D eigenvalue weighted by atomic mass is 16.4. The predicted octanol–water partition coefficient (Wildman–Crippen LogP) is 3.25. The number of fused-ring (bicyclic) bond motifs is 2. The van der Waals surface area contributed by atoms with Crippen LogP contribution in [0.15, 0.2) is 30.3 Å². The number of carbonyl (C=O) groups is 2. The first-order valence-corrected chi connectivity index (χ1v) is 8.67. The average Bonchev–Trinajstić information content (AvgIpc) is 3.12. The van der Waals surface area contributed by atoms with E-state index in [1.165, 1.54) is 5.56 Å². The molecule has 2 saturated heterocycles. The lowest BCUT2D eigenvalue weighted by Crippen LogP contribution is -2.44. The fourth-order valence-corrected chi connectivity index (χ4v) is 4.54. The molecule has 124 valence electrons. The Morgan fingerprint density at radius 3 is 2.61 bits per heavy atom. The van der Waals surface area contributed by atoms with Gasteiger partial charge in [0.2, 0.25) is 5.91 Å². The van der Waals surface area contributed by atoms with Gasteiger partial charge < -0.3 is 10.0 Å². The second-order valence-electron chi connectivity index (χ2n) is 6.91. The highest BCUT2D eigenvalue weighted by molar-refractivity contribution is 5.82. The van der Waals surface area contributed by atoms with E-state index in [4.69, 9.17) is 0 Å². The van der Waals surface area contributed by atoms with E-state index in [1.54, 1.807) is 0 Å². The van der Waals surface area contributed by atoms with E-state index in [-0.39, 0.29) is 18.0 Å². The molecular weight excluding hydrogens is 290 g/mol. The van der Waals surface area contributed by atoms with Gasteiger partial charge in [-0.25, -0.2) is 0 Å². The van der Waals surface area contributed by atoms with Crippen LogP contribution in [-0.2, 0) is 16.0 Å². The molecule has 1 aromatic rings. The van der Waals surface area contributed by atoms with Crippen molar-refractivity contribution in [3.8, 4) is 0 Å². The van der Waals surface area contributed by atoms with Crippen molar-refractivity contribution in [1.29, 1.82) is 0 Å². The van der Waals surface area contributed by atoms with Crippen LogP contribution in [0.2, 0.25) is 0 Å². The number of carbonyl (C=O) groups excluding carboxylic acids is 1. The van der Waals surface area contributed by atoms with Crippen molar-refractivity contribution < 1.29 is 14.7 Å². The number of aryl methyl sites for hydroxylation is 1. The van der Waals surface area contributed by atoms with E-state index in [0.717, 1.165) is 25.7 Å². The number of nitrogens with zero attached hydrogens (tertiary/aromatic N) is 1. The summed E-state index contributed by atoms with van der Waals surface area (Å²) in [5.74, 6) is -0.584. The second kappa shape index (κ2) is 6.34. The minimum atomic E-state index is -0.728. The summed E-state index contributed by atoms with van der Waals surface area (Å²) in [6.45, 7) is 1.94. The number of benzene rings is 1. The lowest BCUT2D eigenvalue weighted by Gasteiger charge is -2.32. The van der Waals surface area contributed by atoms with Crippen LogP contribution < -0.4 is 0 Å². The zero-order valence-electron chi connectivity index (χ0n) is 13.7. The Balaban J connectivity index is 1.61. The molecule has 3 rings (SSSR count). The van der Waals surface area contributed by atoms with Crippen molar-refractivity contribution in [2.45, 2.75) is 64.0 Å². The molecule has 0 saturated carbocycles. The first-order chi connectivity index (χ1) is 11.1. The molecule has 2 heterocycles. The molecule has 1 amide bonds. The molecule has 0 spiro atoms. The van der Waals surface area contributed by atoms with E-state index in [0.29, 0.717) is 19.3 Å². The van der Waals surface area contributed by atoms with Crippen LogP contribution in [0.3, 0.4) is 0 Å². The summed E-state index contributed by atoms with van der Waals surface area (Å²) in [6.07, 6.45) is 5.28. The van der Waals surface area contributed by atoms with Crippen LogP contribution in [0.4, 0.5) is 0 Å². The third-order valence-corrected chi connectivity index (χ3v) is 5.78. The Bertz CT molecular complexity index is 586. The standard InChI is InChI=1S/C19H25NO3/c1-2-19(18(22)23)13-15-11-12-16(19)20(15)17(21)10-6-9-14-7-4-3-5-8-14/h3-5,7-8,15-16H,2,6,9-13H2,1H3,(H,22,23)/t15-,16+,19+/m0/s1. The molecule has 23 heavy (non-hydrogen) atoms. The number of aliphatic carboxylic acids is 1. The SMILES string of the molecule is CC[C@@]1(C(=O)O)C[C@@H]2CC[C@H]1N2C(=O)CCCc1ccccc1. The third kappa shape index (κ3) is 2.75. The maximum atomic E-state index is 12.7. The van der Waals surface area contributed by atoms with Crippen LogP contribution in [0.25, 0.3) is 0 Å². The number of hydrogen-bond acceptors (Lipinski definition) is 2. The lowest BCUT2D eigenvalue weighted by atomic mass is 9.72. The Labute approximate surface area is 137 Å². The van der Waals surface area contributed by atoms with E-state index < -0.39 is 11.4 Å². The highest BCUT2D eigenvalue weighted by Gasteiger charge is 2.60. The first-order valence-electron chi connectivity index (χ1n) is 8.67. The maximum absolute atomic E-state index is 12.7. The van der Waals surface area contributed by atoms with Crippen LogP contribution in [0, 0.1) is 5.41 Å². The van der Waals surface area contributed by atoms with Gasteiger partial charge in [-0.15, -0.1) is 0 Å². The zero-order chi connectivity index (χ0) is 16.4. The number of carboxylic acids is 1. The maximum Gasteiger partial charge on any atom is 0.311 e. The second-order valence-corrected chi connectivity index (χ2v) is 6.91. The van der Waals surface area contributed by atoms with Crippen LogP contribution in [-0.4, -0.2) is 34.0 Å². The van der Waals surface area contributed by atoms with Crippen molar-refractivity contribution in [3.05, 3.63) is 35.9 Å². The summed E-state index contributed by atoms with van der Waals surface area (Å²) in [5.41, 5.74) is 0.538. The predicted molar refractivity (Wildman–Crippen MR) is 88.0 cm³/mol. The number of amides is 1. The van der Waals surface area contributed by atoms with Gasteiger partial charge in [0.05, 0.1) is 5.41 Å². The van der Waals surface area contributed by atoms with Crippen molar-refractivity contribution >= 4 is 11.9 Å². The van der Waals surface area contributed by atoms with Gasteiger partial charge >= 0.3 is 5.97 Å². The Morgan fingerprint density at radius 2 is 2.00 bits per heavy atom. The quantitative estimate of drug-likeness (QED) is 0.876. The Morgan fingerprint density at radius 1 is 1.26 bits per heavy atom. The lowest BCUT2D eigenvalue weighted by molar-refractivity contribution is -0.151. The van der Waals surface area contributed by atoms with Crippen molar-refractivity contribution in [2.24, 2.45) is 5.41 Å². The molecule has 1 N–H and O–H groups in total. The van der Waals surface area contributed by atoms with Gasteiger partial charge in [0, 0.05) is 18.5 Å². The summed E-state index contributed by atoms with van der Waals surface area (Å²) < 4.78 is 0. The van der Waals surface area contributed by atoms with Crippen molar-refractivity contribution in [2.75, 3.05) is 0 Å². The van der Waals surface area contributed by atoms with Gasteiger partial charge in [-0.3, -0.25) is 9.59 Å². The van der Waals surface area contributed by atoms with Crippen LogP contribution in [0.1, 0.15) is 51.0 Å². The summed E-state index contributed by atoms with van der Waals surface area (Å²) in [5, 5.41) is 9.67. The molecule has 0 radical (unpaired) electrons. The van der Waals surface area contributed by atoms with Crippen molar-refractivity contribution in [3.63, 3.8) is 0 Å². The van der Waals surface area contributed by atoms with Gasteiger partial charge in [-0.05, 0) is 44.1 Å². The zero-order valence-corrected chi connectivity index (χ0v) is 13.7. The van der Waals surface area contributed by atoms with E-state index in [2.05, 4.69) is 12.1 Å². The summed E-state index contributed by atoms with van der Waals surface area (Å²) >= 11 is 0. The molecular formula is C19H25NO3. The van der Waals surface area contributed by atoms with Gasteiger partial charge in [-0.1, -0.05) is 37.3 Å². The summed E-state index contributed by atoms with van der Waals surface area (Å²) in [6, 6.07) is 10.2. The summed E-state index contributed by atoms with van der Waals surface area (Å²) in [4.78, 5) is 26.3. The largest absolute Gasteiger partial charge is 0.481 e. The Kier molecular flexibility index (Phi) is 4.42. The first kappa shape index (κ1) is 16.0. The third-order valence-electron chi connectivity index (χ3n) is 5.78.